The molecule has 0 saturated carbocycles. The van der Waals surface area contributed by atoms with Crippen LogP contribution in [-0.2, 0) is 0 Å². The van der Waals surface area contributed by atoms with Crippen LogP contribution >= 0.6 is 27.3 Å². The fourth-order valence-electron chi connectivity index (χ4n) is 1.62. The number of hydrogen-bond donors (Lipinski definition) is 1. The third kappa shape index (κ3) is 2.94. The van der Waals surface area contributed by atoms with E-state index in [2.05, 4.69) is 26.0 Å². The van der Waals surface area contributed by atoms with Crippen molar-refractivity contribution in [1.29, 1.82) is 0 Å². The van der Waals surface area contributed by atoms with Gasteiger partial charge >= 0.3 is 0 Å². The number of nitrogens with zero attached hydrogens (tertiary/aromatic N) is 3. The summed E-state index contributed by atoms with van der Waals surface area (Å²) in [6.45, 7) is 1.97. The summed E-state index contributed by atoms with van der Waals surface area (Å²) in [6.07, 6.45) is 1.70. The van der Waals surface area contributed by atoms with E-state index >= 15 is 0 Å². The first-order valence-corrected chi connectivity index (χ1v) is 7.45. The third-order valence-electron chi connectivity index (χ3n) is 2.63. The summed E-state index contributed by atoms with van der Waals surface area (Å²) in [4.78, 5) is 4.99. The van der Waals surface area contributed by atoms with E-state index in [0.717, 1.165) is 16.1 Å². The standard InChI is InChI=1S/C13H14BrN3O2S/c1-8-7-20-13(15-2)17(8)16-6-9-4-10(14)12(18)11(5-9)19-3/h4-7,18H,1-3H3/b15-13?,16-6+. The number of benzene rings is 1. The summed E-state index contributed by atoms with van der Waals surface area (Å²) < 4.78 is 7.43. The van der Waals surface area contributed by atoms with Crippen LogP contribution in [0.15, 0.2) is 32.1 Å². The first kappa shape index (κ1) is 14.8. The normalized spacial score (nSPS) is 12.3. The van der Waals surface area contributed by atoms with Crippen LogP contribution in [0.2, 0.25) is 0 Å². The molecule has 7 heteroatoms. The zero-order valence-electron chi connectivity index (χ0n) is 11.3. The predicted molar refractivity (Wildman–Crippen MR) is 83.9 cm³/mol. The highest BCUT2D eigenvalue weighted by Crippen LogP contribution is 2.34. The van der Waals surface area contributed by atoms with E-state index in [0.29, 0.717) is 10.2 Å². The van der Waals surface area contributed by atoms with Crippen LogP contribution in [0.5, 0.6) is 11.5 Å². The Labute approximate surface area is 129 Å². The first-order valence-electron chi connectivity index (χ1n) is 5.77. The highest BCUT2D eigenvalue weighted by Gasteiger charge is 2.07. The summed E-state index contributed by atoms with van der Waals surface area (Å²) in [5.41, 5.74) is 1.82. The molecule has 5 nitrogen and oxygen atoms in total. The lowest BCUT2D eigenvalue weighted by atomic mass is 10.2. The number of halogens is 1. The van der Waals surface area contributed by atoms with Gasteiger partial charge in [-0.2, -0.15) is 5.10 Å². The quantitative estimate of drug-likeness (QED) is 0.860. The minimum atomic E-state index is 0.0771. The molecule has 1 N–H and O–H groups in total. The van der Waals surface area contributed by atoms with E-state index in [1.54, 1.807) is 30.1 Å². The summed E-state index contributed by atoms with van der Waals surface area (Å²) >= 11 is 4.82. The number of rotatable bonds is 3. The topological polar surface area (TPSA) is 59.1 Å². The Morgan fingerprint density at radius 1 is 1.45 bits per heavy atom. The fraction of sp³-hybridized carbons (Fsp3) is 0.231. The molecular weight excluding hydrogens is 342 g/mol. The fourth-order valence-corrected chi connectivity index (χ4v) is 2.86. The van der Waals surface area contributed by atoms with Crippen LogP contribution in [0.1, 0.15) is 11.3 Å². The molecule has 0 aliphatic carbocycles. The zero-order chi connectivity index (χ0) is 14.7. The number of thiazole rings is 1. The SMILES string of the molecule is CN=c1scc(C)n1/N=C/c1cc(Br)c(O)c(OC)c1. The maximum Gasteiger partial charge on any atom is 0.205 e. The summed E-state index contributed by atoms with van der Waals surface area (Å²) in [5, 5.41) is 16.2. The summed E-state index contributed by atoms with van der Waals surface area (Å²) in [7, 11) is 3.24. The molecule has 0 amide bonds. The molecule has 0 bridgehead atoms. The third-order valence-corrected chi connectivity index (χ3v) is 4.26. The van der Waals surface area contributed by atoms with Crippen molar-refractivity contribution in [2.45, 2.75) is 6.92 Å². The van der Waals surface area contributed by atoms with Gasteiger partial charge in [-0.25, -0.2) is 4.68 Å². The Balaban J connectivity index is 2.42. The Hall–Kier alpha value is -1.60. The molecule has 0 radical (unpaired) electrons. The van der Waals surface area contributed by atoms with Crippen molar-refractivity contribution in [3.63, 3.8) is 0 Å². The van der Waals surface area contributed by atoms with Crippen molar-refractivity contribution in [2.24, 2.45) is 10.1 Å². The molecule has 1 heterocycles. The van der Waals surface area contributed by atoms with Gasteiger partial charge in [0.05, 0.1) is 23.5 Å². The molecule has 2 rings (SSSR count). The lowest BCUT2D eigenvalue weighted by Gasteiger charge is -2.06. The van der Waals surface area contributed by atoms with Gasteiger partial charge in [-0.1, -0.05) is 0 Å². The van der Waals surface area contributed by atoms with Gasteiger partial charge in [0.25, 0.3) is 0 Å². The van der Waals surface area contributed by atoms with Crippen molar-refractivity contribution in [2.75, 3.05) is 14.2 Å². The molecule has 0 saturated heterocycles. The molecule has 0 spiro atoms. The lowest BCUT2D eigenvalue weighted by Crippen LogP contribution is -2.11. The maximum atomic E-state index is 9.77. The molecule has 0 fully saturated rings. The van der Waals surface area contributed by atoms with Crippen LogP contribution in [-0.4, -0.2) is 30.2 Å². The number of aromatic nitrogens is 1. The van der Waals surface area contributed by atoms with E-state index in [9.17, 15) is 5.11 Å². The average molecular weight is 356 g/mol. The maximum absolute atomic E-state index is 9.77. The Morgan fingerprint density at radius 2 is 2.20 bits per heavy atom. The summed E-state index contributed by atoms with van der Waals surface area (Å²) in [6, 6.07) is 3.49. The van der Waals surface area contributed by atoms with Gasteiger partial charge in [0.1, 0.15) is 0 Å². The van der Waals surface area contributed by atoms with E-state index in [1.807, 2.05) is 12.3 Å². The van der Waals surface area contributed by atoms with Gasteiger partial charge in [0.15, 0.2) is 11.5 Å². The zero-order valence-corrected chi connectivity index (χ0v) is 13.7. The van der Waals surface area contributed by atoms with Gasteiger partial charge < -0.3 is 9.84 Å². The molecule has 1 aromatic carbocycles. The second-order valence-electron chi connectivity index (χ2n) is 3.99. The van der Waals surface area contributed by atoms with Crippen LogP contribution in [0, 0.1) is 6.92 Å². The minimum absolute atomic E-state index is 0.0771. The molecule has 0 aliphatic rings. The average Bonchev–Trinajstić information content (AvgIpc) is 2.80. The number of aromatic hydroxyl groups is 1. The van der Waals surface area contributed by atoms with Gasteiger partial charge in [0, 0.05) is 12.4 Å². The molecular formula is C13H14BrN3O2S. The van der Waals surface area contributed by atoms with Crippen LogP contribution in [0.4, 0.5) is 0 Å². The Bertz CT molecular complexity index is 719. The molecule has 20 heavy (non-hydrogen) atoms. The van der Waals surface area contributed by atoms with E-state index in [1.165, 1.54) is 18.4 Å². The monoisotopic (exact) mass is 355 g/mol. The number of hydrogen-bond acceptors (Lipinski definition) is 5. The minimum Gasteiger partial charge on any atom is -0.503 e. The van der Waals surface area contributed by atoms with E-state index < -0.39 is 0 Å². The van der Waals surface area contributed by atoms with Crippen LogP contribution in [0.3, 0.4) is 0 Å². The smallest absolute Gasteiger partial charge is 0.205 e. The van der Waals surface area contributed by atoms with Crippen molar-refractivity contribution < 1.29 is 9.84 Å². The number of aryl methyl sites for hydroxylation is 1. The molecule has 0 unspecified atom stereocenters. The Morgan fingerprint density at radius 3 is 2.85 bits per heavy atom. The lowest BCUT2D eigenvalue weighted by molar-refractivity contribution is 0.372. The molecule has 0 atom stereocenters. The van der Waals surface area contributed by atoms with Crippen LogP contribution < -0.4 is 9.54 Å². The second-order valence-corrected chi connectivity index (χ2v) is 5.68. The Kier molecular flexibility index (Phi) is 4.61. The highest BCUT2D eigenvalue weighted by molar-refractivity contribution is 9.10. The second kappa shape index (κ2) is 6.23. The molecule has 106 valence electrons. The van der Waals surface area contributed by atoms with E-state index in [4.69, 9.17) is 4.74 Å². The number of phenols is 1. The molecule has 1 aromatic heterocycles. The summed E-state index contributed by atoms with van der Waals surface area (Å²) in [5.74, 6) is 0.474. The van der Waals surface area contributed by atoms with Gasteiger partial charge in [-0.15, -0.1) is 11.3 Å². The first-order chi connectivity index (χ1) is 9.56. The number of methoxy groups -OCH3 is 1. The van der Waals surface area contributed by atoms with Crippen molar-refractivity contribution >= 4 is 33.5 Å². The number of phenolic OH excluding ortho intramolecular Hbond substituents is 1. The van der Waals surface area contributed by atoms with Crippen LogP contribution in [0.25, 0.3) is 0 Å². The van der Waals surface area contributed by atoms with Crippen molar-refractivity contribution in [3.8, 4) is 11.5 Å². The molecule has 0 aliphatic heterocycles. The van der Waals surface area contributed by atoms with Gasteiger partial charge in [0.2, 0.25) is 4.80 Å². The van der Waals surface area contributed by atoms with E-state index in [-0.39, 0.29) is 5.75 Å². The van der Waals surface area contributed by atoms with Gasteiger partial charge in [-0.3, -0.25) is 4.99 Å². The van der Waals surface area contributed by atoms with Crippen molar-refractivity contribution in [3.05, 3.63) is 38.0 Å². The predicted octanol–water partition coefficient (Wildman–Crippen LogP) is 2.75. The number of ether oxygens (including phenoxy) is 1. The largest absolute Gasteiger partial charge is 0.503 e. The molecule has 2 aromatic rings. The highest BCUT2D eigenvalue weighted by atomic mass is 79.9. The van der Waals surface area contributed by atoms with Gasteiger partial charge in [-0.05, 0) is 40.5 Å². The van der Waals surface area contributed by atoms with Crippen molar-refractivity contribution in [1.82, 2.24) is 4.68 Å².